The van der Waals surface area contributed by atoms with Crippen LogP contribution in [0.3, 0.4) is 0 Å². The second-order valence-electron chi connectivity index (χ2n) is 9.48. The van der Waals surface area contributed by atoms with Crippen LogP contribution in [0.5, 0.6) is 0 Å². The third-order valence-electron chi connectivity index (χ3n) is 5.57. The van der Waals surface area contributed by atoms with Crippen molar-refractivity contribution in [2.45, 2.75) is 39.4 Å². The molecule has 3 aromatic carbocycles. The largest absolute Gasteiger partial charge is 0.481 e. The predicted octanol–water partition coefficient (Wildman–Crippen LogP) is 6.60. The summed E-state index contributed by atoms with van der Waals surface area (Å²) in [6, 6.07) is 17.3. The van der Waals surface area contributed by atoms with Crippen molar-refractivity contribution in [3.05, 3.63) is 75.2 Å². The first-order valence-corrected chi connectivity index (χ1v) is 11.9. The van der Waals surface area contributed by atoms with Gasteiger partial charge in [-0.1, -0.05) is 68.8 Å². The Bertz CT molecular complexity index is 1240. The van der Waals surface area contributed by atoms with Gasteiger partial charge in [-0.15, -0.1) is 0 Å². The van der Waals surface area contributed by atoms with Crippen LogP contribution in [0.25, 0.3) is 10.8 Å². The number of rotatable bonds is 4. The van der Waals surface area contributed by atoms with Crippen LogP contribution in [0.2, 0.25) is 5.02 Å². The number of carboxylic acids is 1. The molecule has 1 N–H and O–H groups in total. The highest BCUT2D eigenvalue weighted by Gasteiger charge is 2.39. The van der Waals surface area contributed by atoms with Gasteiger partial charge in [0.2, 0.25) is 0 Å². The standard InChI is InChI=1S/C26H25BrClNO4/c1-26(2,3)14-29-20-11-9-16(28)12-19(20)24(33-21(25(29)32)13-22(30)31)18-10-8-15-6-4-5-7-17(15)23(18)27/h4-12,21,24H,13-14H2,1-3H3,(H,30,31). The average molecular weight is 531 g/mol. The Labute approximate surface area is 206 Å². The molecule has 0 fully saturated rings. The molecule has 172 valence electrons. The van der Waals surface area contributed by atoms with Gasteiger partial charge in [-0.2, -0.15) is 0 Å². The Balaban J connectivity index is 1.95. The van der Waals surface area contributed by atoms with Gasteiger partial charge in [-0.3, -0.25) is 9.59 Å². The molecule has 2 atom stereocenters. The smallest absolute Gasteiger partial charge is 0.306 e. The molecule has 4 rings (SSSR count). The lowest BCUT2D eigenvalue weighted by molar-refractivity contribution is -0.147. The van der Waals surface area contributed by atoms with Gasteiger partial charge < -0.3 is 14.7 Å². The minimum atomic E-state index is -1.14. The molecular weight excluding hydrogens is 506 g/mol. The van der Waals surface area contributed by atoms with Crippen molar-refractivity contribution in [2.75, 3.05) is 11.4 Å². The van der Waals surface area contributed by atoms with Crippen molar-refractivity contribution in [1.82, 2.24) is 0 Å². The van der Waals surface area contributed by atoms with Gasteiger partial charge in [-0.05, 0) is 50.3 Å². The van der Waals surface area contributed by atoms with Crippen LogP contribution in [-0.4, -0.2) is 29.6 Å². The maximum atomic E-state index is 13.6. The van der Waals surface area contributed by atoms with Gasteiger partial charge in [0.1, 0.15) is 12.2 Å². The van der Waals surface area contributed by atoms with Crippen LogP contribution in [0.1, 0.15) is 44.4 Å². The lowest BCUT2D eigenvalue weighted by Crippen LogP contribution is -2.44. The average Bonchev–Trinajstić information content (AvgIpc) is 2.83. The number of nitrogens with zero attached hydrogens (tertiary/aromatic N) is 1. The Morgan fingerprint density at radius 2 is 1.85 bits per heavy atom. The Morgan fingerprint density at radius 3 is 2.55 bits per heavy atom. The number of benzene rings is 3. The van der Waals surface area contributed by atoms with Crippen LogP contribution in [-0.2, 0) is 14.3 Å². The van der Waals surface area contributed by atoms with E-state index in [1.807, 2.05) is 63.2 Å². The first-order chi connectivity index (χ1) is 15.5. The van der Waals surface area contributed by atoms with Gasteiger partial charge in [0.25, 0.3) is 5.91 Å². The number of ether oxygens (including phenoxy) is 1. The van der Waals surface area contributed by atoms with E-state index >= 15 is 0 Å². The van der Waals surface area contributed by atoms with Crippen molar-refractivity contribution in [3.8, 4) is 0 Å². The molecule has 0 aromatic heterocycles. The SMILES string of the molecule is CC(C)(C)CN1C(=O)C(CC(=O)O)OC(c2ccc3ccccc3c2Br)c2cc(Cl)ccc21. The van der Waals surface area contributed by atoms with Crippen LogP contribution < -0.4 is 4.90 Å². The zero-order chi connectivity index (χ0) is 23.9. The zero-order valence-electron chi connectivity index (χ0n) is 18.6. The minimum Gasteiger partial charge on any atom is -0.481 e. The van der Waals surface area contributed by atoms with Gasteiger partial charge >= 0.3 is 5.97 Å². The lowest BCUT2D eigenvalue weighted by atomic mass is 9.93. The van der Waals surface area contributed by atoms with E-state index in [1.165, 1.54) is 0 Å². The molecular formula is C26H25BrClNO4. The number of aliphatic carboxylic acids is 1. The summed E-state index contributed by atoms with van der Waals surface area (Å²) in [5, 5.41) is 12.1. The molecule has 0 saturated carbocycles. The summed E-state index contributed by atoms with van der Waals surface area (Å²) in [6.45, 7) is 6.51. The fourth-order valence-electron chi connectivity index (χ4n) is 4.19. The number of carbonyl (C=O) groups excluding carboxylic acids is 1. The third kappa shape index (κ3) is 4.93. The van der Waals surface area contributed by atoms with Crippen molar-refractivity contribution < 1.29 is 19.4 Å². The first-order valence-electron chi connectivity index (χ1n) is 10.7. The van der Waals surface area contributed by atoms with Crippen molar-refractivity contribution in [2.24, 2.45) is 5.41 Å². The minimum absolute atomic E-state index is 0.219. The van der Waals surface area contributed by atoms with Crippen molar-refractivity contribution >= 4 is 55.9 Å². The van der Waals surface area contributed by atoms with E-state index in [-0.39, 0.29) is 11.3 Å². The molecule has 1 aliphatic heterocycles. The molecule has 0 saturated heterocycles. The van der Waals surface area contributed by atoms with Crippen molar-refractivity contribution in [3.63, 3.8) is 0 Å². The maximum Gasteiger partial charge on any atom is 0.306 e. The number of halogens is 2. The van der Waals surface area contributed by atoms with Crippen LogP contribution in [0.4, 0.5) is 5.69 Å². The summed E-state index contributed by atoms with van der Waals surface area (Å²) in [6.07, 6.45) is -2.25. The van der Waals surface area contributed by atoms with Gasteiger partial charge in [0.05, 0.1) is 6.42 Å². The number of hydrogen-bond acceptors (Lipinski definition) is 3. The monoisotopic (exact) mass is 529 g/mol. The van der Waals surface area contributed by atoms with E-state index in [0.717, 1.165) is 26.4 Å². The van der Waals surface area contributed by atoms with E-state index in [4.69, 9.17) is 16.3 Å². The maximum absolute atomic E-state index is 13.6. The second-order valence-corrected chi connectivity index (χ2v) is 10.7. The predicted molar refractivity (Wildman–Crippen MR) is 134 cm³/mol. The Hall–Kier alpha value is -2.41. The molecule has 5 nitrogen and oxygen atoms in total. The van der Waals surface area contributed by atoms with E-state index in [2.05, 4.69) is 15.9 Å². The fraction of sp³-hybridized carbons (Fsp3) is 0.308. The highest BCUT2D eigenvalue weighted by molar-refractivity contribution is 9.10. The van der Waals surface area contributed by atoms with E-state index in [1.54, 1.807) is 17.0 Å². The molecule has 7 heteroatoms. The lowest BCUT2D eigenvalue weighted by Gasteiger charge is -2.31. The number of amides is 1. The molecule has 0 aliphatic carbocycles. The van der Waals surface area contributed by atoms with E-state index in [9.17, 15) is 14.7 Å². The Kier molecular flexibility index (Phi) is 6.54. The number of carboxylic acid groups (broad SMARTS) is 1. The quantitative estimate of drug-likeness (QED) is 0.413. The third-order valence-corrected chi connectivity index (χ3v) is 6.69. The van der Waals surface area contributed by atoms with Gasteiger partial charge in [0.15, 0.2) is 0 Å². The van der Waals surface area contributed by atoms with E-state index in [0.29, 0.717) is 17.3 Å². The summed E-state index contributed by atoms with van der Waals surface area (Å²) in [5.41, 5.74) is 1.99. The molecule has 2 unspecified atom stereocenters. The van der Waals surface area contributed by atoms with Gasteiger partial charge in [0, 0.05) is 32.9 Å². The first kappa shape index (κ1) is 23.7. The fourth-order valence-corrected chi connectivity index (χ4v) is 5.08. The van der Waals surface area contributed by atoms with Gasteiger partial charge in [-0.25, -0.2) is 0 Å². The van der Waals surface area contributed by atoms with Crippen LogP contribution >= 0.6 is 27.5 Å². The summed E-state index contributed by atoms with van der Waals surface area (Å²) < 4.78 is 7.15. The normalized spacial score (nSPS) is 18.8. The molecule has 1 aliphatic rings. The molecule has 0 bridgehead atoms. The Morgan fingerprint density at radius 1 is 1.12 bits per heavy atom. The highest BCUT2D eigenvalue weighted by Crippen LogP contribution is 2.44. The van der Waals surface area contributed by atoms with E-state index < -0.39 is 24.6 Å². The van der Waals surface area contributed by atoms with Crippen molar-refractivity contribution in [1.29, 1.82) is 0 Å². The van der Waals surface area contributed by atoms with Crippen LogP contribution in [0.15, 0.2) is 59.1 Å². The summed E-state index contributed by atoms with van der Waals surface area (Å²) in [4.78, 5) is 26.9. The molecule has 3 aromatic rings. The summed E-state index contributed by atoms with van der Waals surface area (Å²) >= 11 is 10.1. The number of carbonyl (C=O) groups is 2. The molecule has 1 amide bonds. The molecule has 33 heavy (non-hydrogen) atoms. The number of anilines is 1. The number of fused-ring (bicyclic) bond motifs is 2. The summed E-state index contributed by atoms with van der Waals surface area (Å²) in [7, 11) is 0. The second kappa shape index (κ2) is 9.09. The number of hydrogen-bond donors (Lipinski definition) is 1. The molecule has 1 heterocycles. The van der Waals surface area contributed by atoms with Crippen LogP contribution in [0, 0.1) is 5.41 Å². The highest BCUT2D eigenvalue weighted by atomic mass is 79.9. The molecule has 0 spiro atoms. The summed E-state index contributed by atoms with van der Waals surface area (Å²) in [5.74, 6) is -1.46. The molecule has 0 radical (unpaired) electrons. The zero-order valence-corrected chi connectivity index (χ0v) is 21.0. The topological polar surface area (TPSA) is 66.8 Å².